The van der Waals surface area contributed by atoms with Crippen molar-refractivity contribution in [2.75, 3.05) is 31.3 Å². The largest absolute Gasteiger partial charge is 0.303 e. The molecule has 16 heavy (non-hydrogen) atoms. The molecule has 0 fully saturated rings. The first kappa shape index (κ1) is 13.9. The summed E-state index contributed by atoms with van der Waals surface area (Å²) in [5, 5.41) is 0. The number of hydrogen-bond donors (Lipinski definition) is 0. The van der Waals surface area contributed by atoms with Gasteiger partial charge in [-0.3, -0.25) is 0 Å². The quantitative estimate of drug-likeness (QED) is 0.516. The first-order valence-electron chi connectivity index (χ1n) is 5.83. The molecule has 90 valence electrons. The van der Waals surface area contributed by atoms with Crippen LogP contribution < -0.4 is 0 Å². The van der Waals surface area contributed by atoms with E-state index in [4.69, 9.17) is 11.6 Å². The molecule has 3 heteroatoms. The number of thioether (sulfide) groups is 1. The molecule has 0 aromatic heterocycles. The number of alkyl halides is 1. The van der Waals surface area contributed by atoms with Crippen molar-refractivity contribution in [3.63, 3.8) is 0 Å². The van der Waals surface area contributed by atoms with Gasteiger partial charge in [0.25, 0.3) is 0 Å². The van der Waals surface area contributed by atoms with Gasteiger partial charge in [0.15, 0.2) is 0 Å². The highest BCUT2D eigenvalue weighted by molar-refractivity contribution is 7.99. The lowest BCUT2D eigenvalue weighted by Crippen LogP contribution is -2.27. The van der Waals surface area contributed by atoms with E-state index in [0.29, 0.717) is 0 Å². The molecular weight excluding hydrogens is 238 g/mol. The fourth-order valence-electron chi connectivity index (χ4n) is 1.52. The van der Waals surface area contributed by atoms with Gasteiger partial charge in [-0.05, 0) is 31.6 Å². The van der Waals surface area contributed by atoms with Crippen LogP contribution in [-0.4, -0.2) is 36.2 Å². The van der Waals surface area contributed by atoms with Gasteiger partial charge in [0.05, 0.1) is 0 Å². The average molecular weight is 258 g/mol. The highest BCUT2D eigenvalue weighted by Gasteiger charge is 2.01. The van der Waals surface area contributed by atoms with E-state index in [-0.39, 0.29) is 0 Å². The Morgan fingerprint density at radius 3 is 2.56 bits per heavy atom. The Morgan fingerprint density at radius 2 is 1.94 bits per heavy atom. The zero-order valence-electron chi connectivity index (χ0n) is 9.86. The molecule has 0 radical (unpaired) electrons. The molecule has 0 aliphatic carbocycles. The molecule has 0 aliphatic rings. The molecule has 0 amide bonds. The number of benzene rings is 1. The van der Waals surface area contributed by atoms with Crippen LogP contribution in [0.1, 0.15) is 13.3 Å². The smallest absolute Gasteiger partial charge is 0.0235 e. The van der Waals surface area contributed by atoms with Gasteiger partial charge in [-0.15, -0.1) is 23.4 Å². The van der Waals surface area contributed by atoms with Gasteiger partial charge in [0.2, 0.25) is 0 Å². The maximum Gasteiger partial charge on any atom is 0.0235 e. The molecule has 0 unspecified atom stereocenters. The normalized spacial score (nSPS) is 10.9. The molecule has 0 aliphatic heterocycles. The predicted octanol–water partition coefficient (Wildman–Crippen LogP) is 3.73. The lowest BCUT2D eigenvalue weighted by Gasteiger charge is -2.19. The second kappa shape index (κ2) is 8.91. The molecule has 0 N–H and O–H groups in total. The third kappa shape index (κ3) is 5.78. The monoisotopic (exact) mass is 257 g/mol. The van der Waals surface area contributed by atoms with Crippen LogP contribution >= 0.6 is 23.4 Å². The van der Waals surface area contributed by atoms with Crippen molar-refractivity contribution in [1.82, 2.24) is 4.90 Å². The molecule has 0 saturated carbocycles. The van der Waals surface area contributed by atoms with Crippen molar-refractivity contribution < 1.29 is 0 Å². The minimum Gasteiger partial charge on any atom is -0.303 e. The van der Waals surface area contributed by atoms with E-state index in [0.717, 1.165) is 37.7 Å². The van der Waals surface area contributed by atoms with Gasteiger partial charge in [0, 0.05) is 23.1 Å². The number of hydrogen-bond acceptors (Lipinski definition) is 2. The van der Waals surface area contributed by atoms with Gasteiger partial charge >= 0.3 is 0 Å². The summed E-state index contributed by atoms with van der Waals surface area (Å²) in [5.41, 5.74) is 0. The van der Waals surface area contributed by atoms with Gasteiger partial charge in [-0.1, -0.05) is 25.1 Å². The summed E-state index contributed by atoms with van der Waals surface area (Å²) < 4.78 is 0. The van der Waals surface area contributed by atoms with Crippen molar-refractivity contribution >= 4 is 23.4 Å². The predicted molar refractivity (Wildman–Crippen MR) is 74.6 cm³/mol. The highest BCUT2D eigenvalue weighted by Crippen LogP contribution is 2.16. The minimum atomic E-state index is 0.766. The van der Waals surface area contributed by atoms with E-state index in [1.165, 1.54) is 4.90 Å². The molecule has 0 spiro atoms. The lowest BCUT2D eigenvalue weighted by molar-refractivity contribution is 0.308. The van der Waals surface area contributed by atoms with E-state index in [1.807, 2.05) is 11.8 Å². The Bertz CT molecular complexity index is 266. The van der Waals surface area contributed by atoms with Crippen LogP contribution in [0.25, 0.3) is 0 Å². The van der Waals surface area contributed by atoms with Crippen LogP contribution in [0.3, 0.4) is 0 Å². The van der Waals surface area contributed by atoms with Crippen molar-refractivity contribution in [1.29, 1.82) is 0 Å². The summed E-state index contributed by atoms with van der Waals surface area (Å²) >= 11 is 7.62. The minimum absolute atomic E-state index is 0.766. The van der Waals surface area contributed by atoms with Gasteiger partial charge in [0.1, 0.15) is 0 Å². The first-order valence-corrected chi connectivity index (χ1v) is 7.35. The summed E-state index contributed by atoms with van der Waals surface area (Å²) in [4.78, 5) is 3.81. The summed E-state index contributed by atoms with van der Waals surface area (Å²) in [6, 6.07) is 10.6. The maximum absolute atomic E-state index is 5.70. The highest BCUT2D eigenvalue weighted by atomic mass is 35.5. The van der Waals surface area contributed by atoms with Crippen LogP contribution in [-0.2, 0) is 0 Å². The number of rotatable bonds is 8. The maximum atomic E-state index is 5.70. The molecule has 0 heterocycles. The van der Waals surface area contributed by atoms with Gasteiger partial charge < -0.3 is 4.90 Å². The molecule has 0 bridgehead atoms. The second-order valence-electron chi connectivity index (χ2n) is 3.64. The third-order valence-electron chi connectivity index (χ3n) is 2.47. The van der Waals surface area contributed by atoms with E-state index < -0.39 is 0 Å². The lowest BCUT2D eigenvalue weighted by atomic mass is 10.4. The number of halogens is 1. The SMILES string of the molecule is CCN(CCCCl)CCSc1ccccc1. The van der Waals surface area contributed by atoms with Crippen molar-refractivity contribution in [2.45, 2.75) is 18.2 Å². The van der Waals surface area contributed by atoms with Crippen molar-refractivity contribution in [3.05, 3.63) is 30.3 Å². The molecule has 1 aromatic rings. The Morgan fingerprint density at radius 1 is 1.19 bits per heavy atom. The molecule has 1 rings (SSSR count). The van der Waals surface area contributed by atoms with Crippen molar-refractivity contribution in [3.8, 4) is 0 Å². The zero-order chi connectivity index (χ0) is 11.6. The molecule has 1 nitrogen and oxygen atoms in total. The van der Waals surface area contributed by atoms with Crippen LogP contribution in [0.2, 0.25) is 0 Å². The Labute approximate surface area is 108 Å². The van der Waals surface area contributed by atoms with Gasteiger partial charge in [-0.25, -0.2) is 0 Å². The summed E-state index contributed by atoms with van der Waals surface area (Å²) in [6.45, 7) is 5.59. The van der Waals surface area contributed by atoms with Crippen LogP contribution in [0.15, 0.2) is 35.2 Å². The Hall–Kier alpha value is -0.180. The summed E-state index contributed by atoms with van der Waals surface area (Å²) in [6.07, 6.45) is 1.09. The standard InChI is InChI=1S/C13H20ClNS/c1-2-15(10-6-9-14)11-12-16-13-7-4-3-5-8-13/h3-5,7-8H,2,6,9-12H2,1H3. The molecule has 1 aromatic carbocycles. The second-order valence-corrected chi connectivity index (χ2v) is 5.18. The Balaban J connectivity index is 2.18. The first-order chi connectivity index (χ1) is 7.86. The topological polar surface area (TPSA) is 3.24 Å². The average Bonchev–Trinajstić information content (AvgIpc) is 2.35. The molecular formula is C13H20ClNS. The van der Waals surface area contributed by atoms with Crippen LogP contribution in [0, 0.1) is 0 Å². The Kier molecular flexibility index (Phi) is 7.73. The van der Waals surface area contributed by atoms with Crippen LogP contribution in [0.5, 0.6) is 0 Å². The summed E-state index contributed by atoms with van der Waals surface area (Å²) in [7, 11) is 0. The third-order valence-corrected chi connectivity index (χ3v) is 3.73. The van der Waals surface area contributed by atoms with E-state index in [9.17, 15) is 0 Å². The molecule has 0 atom stereocenters. The fourth-order valence-corrected chi connectivity index (χ4v) is 2.58. The molecule has 0 saturated heterocycles. The van der Waals surface area contributed by atoms with E-state index in [2.05, 4.69) is 42.2 Å². The van der Waals surface area contributed by atoms with Gasteiger partial charge in [-0.2, -0.15) is 0 Å². The van der Waals surface area contributed by atoms with Crippen LogP contribution in [0.4, 0.5) is 0 Å². The number of nitrogens with zero attached hydrogens (tertiary/aromatic N) is 1. The van der Waals surface area contributed by atoms with E-state index in [1.54, 1.807) is 0 Å². The van der Waals surface area contributed by atoms with Crippen molar-refractivity contribution in [2.24, 2.45) is 0 Å². The van der Waals surface area contributed by atoms with E-state index >= 15 is 0 Å². The summed E-state index contributed by atoms with van der Waals surface area (Å²) in [5.74, 6) is 1.92. The fraction of sp³-hybridized carbons (Fsp3) is 0.538. The zero-order valence-corrected chi connectivity index (χ0v) is 11.4.